The Morgan fingerprint density at radius 1 is 1.44 bits per heavy atom. The lowest BCUT2D eigenvalue weighted by molar-refractivity contribution is 0.373. The molecule has 0 radical (unpaired) electrons. The molecular weight excluding hydrogens is 200 g/mol. The molecule has 90 valence electrons. The van der Waals surface area contributed by atoms with Gasteiger partial charge in [-0.25, -0.2) is 4.98 Å². The third-order valence-electron chi connectivity index (χ3n) is 3.31. The molecular formula is C12H22N4. The molecule has 1 fully saturated rings. The van der Waals surface area contributed by atoms with E-state index in [1.807, 2.05) is 6.20 Å². The minimum Gasteiger partial charge on any atom is -0.342 e. The monoisotopic (exact) mass is 222 g/mol. The highest BCUT2D eigenvalue weighted by Crippen LogP contribution is 2.17. The molecule has 0 amide bonds. The lowest BCUT2D eigenvalue weighted by Crippen LogP contribution is -2.36. The van der Waals surface area contributed by atoms with Crippen molar-refractivity contribution in [3.05, 3.63) is 11.9 Å². The van der Waals surface area contributed by atoms with Gasteiger partial charge in [0, 0.05) is 25.0 Å². The highest BCUT2D eigenvalue weighted by atomic mass is 15.3. The normalized spacial score (nSPS) is 17.6. The van der Waals surface area contributed by atoms with Gasteiger partial charge >= 0.3 is 0 Å². The lowest BCUT2D eigenvalue weighted by atomic mass is 9.98. The van der Waals surface area contributed by atoms with Crippen molar-refractivity contribution in [2.75, 3.05) is 31.1 Å². The first-order valence-electron chi connectivity index (χ1n) is 6.27. The van der Waals surface area contributed by atoms with Gasteiger partial charge in [0.1, 0.15) is 0 Å². The SMILES string of the molecule is CCN(CC1CCNCC1)c1ncc(C)[nH]1. The Bertz CT molecular complexity index is 315. The molecule has 0 unspecified atom stereocenters. The fourth-order valence-corrected chi connectivity index (χ4v) is 2.30. The molecule has 16 heavy (non-hydrogen) atoms. The zero-order valence-corrected chi connectivity index (χ0v) is 10.3. The molecule has 2 N–H and O–H groups in total. The van der Waals surface area contributed by atoms with Gasteiger partial charge in [0.15, 0.2) is 0 Å². The van der Waals surface area contributed by atoms with Crippen molar-refractivity contribution in [2.24, 2.45) is 5.92 Å². The highest BCUT2D eigenvalue weighted by molar-refractivity contribution is 5.30. The van der Waals surface area contributed by atoms with E-state index < -0.39 is 0 Å². The molecule has 0 saturated carbocycles. The number of anilines is 1. The number of aromatic nitrogens is 2. The molecule has 1 aliphatic heterocycles. The number of nitrogens with zero attached hydrogens (tertiary/aromatic N) is 2. The van der Waals surface area contributed by atoms with Crippen LogP contribution in [0, 0.1) is 12.8 Å². The van der Waals surface area contributed by atoms with Crippen molar-refractivity contribution in [3.63, 3.8) is 0 Å². The molecule has 0 aliphatic carbocycles. The topological polar surface area (TPSA) is 44.0 Å². The smallest absolute Gasteiger partial charge is 0.202 e. The van der Waals surface area contributed by atoms with Gasteiger partial charge in [-0.2, -0.15) is 0 Å². The summed E-state index contributed by atoms with van der Waals surface area (Å²) in [6, 6.07) is 0. The molecule has 4 nitrogen and oxygen atoms in total. The third-order valence-corrected chi connectivity index (χ3v) is 3.31. The fourth-order valence-electron chi connectivity index (χ4n) is 2.30. The van der Waals surface area contributed by atoms with E-state index in [-0.39, 0.29) is 0 Å². The Labute approximate surface area is 97.4 Å². The van der Waals surface area contributed by atoms with Crippen LogP contribution in [-0.2, 0) is 0 Å². The van der Waals surface area contributed by atoms with E-state index in [1.165, 1.54) is 25.9 Å². The number of nitrogens with one attached hydrogen (secondary N) is 2. The largest absolute Gasteiger partial charge is 0.342 e. The Kier molecular flexibility index (Phi) is 3.83. The maximum Gasteiger partial charge on any atom is 0.202 e. The van der Waals surface area contributed by atoms with Crippen molar-refractivity contribution in [1.82, 2.24) is 15.3 Å². The summed E-state index contributed by atoms with van der Waals surface area (Å²) >= 11 is 0. The summed E-state index contributed by atoms with van der Waals surface area (Å²) in [6.07, 6.45) is 4.48. The molecule has 1 saturated heterocycles. The van der Waals surface area contributed by atoms with Crippen molar-refractivity contribution < 1.29 is 0 Å². The summed E-state index contributed by atoms with van der Waals surface area (Å²) in [5.41, 5.74) is 1.14. The van der Waals surface area contributed by atoms with E-state index in [0.717, 1.165) is 30.6 Å². The van der Waals surface area contributed by atoms with E-state index in [9.17, 15) is 0 Å². The zero-order chi connectivity index (χ0) is 11.4. The predicted molar refractivity (Wildman–Crippen MR) is 66.8 cm³/mol. The summed E-state index contributed by atoms with van der Waals surface area (Å²) in [5, 5.41) is 3.41. The molecule has 0 spiro atoms. The van der Waals surface area contributed by atoms with E-state index in [2.05, 4.69) is 34.0 Å². The second-order valence-corrected chi connectivity index (χ2v) is 4.62. The van der Waals surface area contributed by atoms with Crippen LogP contribution in [0.5, 0.6) is 0 Å². The molecule has 0 atom stereocenters. The maximum atomic E-state index is 4.41. The van der Waals surface area contributed by atoms with Crippen LogP contribution < -0.4 is 10.2 Å². The standard InChI is InChI=1S/C12H22N4/c1-3-16(12-14-8-10(2)15-12)9-11-4-6-13-7-5-11/h8,11,13H,3-7,9H2,1-2H3,(H,14,15). The van der Waals surface area contributed by atoms with Crippen LogP contribution in [-0.4, -0.2) is 36.1 Å². The molecule has 1 aromatic heterocycles. The van der Waals surface area contributed by atoms with Crippen LogP contribution in [0.4, 0.5) is 5.95 Å². The summed E-state index contributed by atoms with van der Waals surface area (Å²) in [7, 11) is 0. The Morgan fingerprint density at radius 3 is 2.75 bits per heavy atom. The number of piperidine rings is 1. The van der Waals surface area contributed by atoms with Crippen molar-refractivity contribution in [1.29, 1.82) is 0 Å². The molecule has 2 rings (SSSR count). The van der Waals surface area contributed by atoms with Gasteiger partial charge in [-0.1, -0.05) is 0 Å². The summed E-state index contributed by atoms with van der Waals surface area (Å²) in [4.78, 5) is 10.1. The highest BCUT2D eigenvalue weighted by Gasteiger charge is 2.17. The van der Waals surface area contributed by atoms with Gasteiger partial charge in [-0.15, -0.1) is 0 Å². The van der Waals surface area contributed by atoms with Crippen LogP contribution >= 0.6 is 0 Å². The number of hydrogen-bond acceptors (Lipinski definition) is 3. The Balaban J connectivity index is 1.94. The molecule has 1 aliphatic rings. The Hall–Kier alpha value is -1.03. The summed E-state index contributed by atoms with van der Waals surface area (Å²) < 4.78 is 0. The van der Waals surface area contributed by atoms with E-state index in [4.69, 9.17) is 0 Å². The number of aryl methyl sites for hydroxylation is 1. The average molecular weight is 222 g/mol. The van der Waals surface area contributed by atoms with E-state index >= 15 is 0 Å². The summed E-state index contributed by atoms with van der Waals surface area (Å²) in [5.74, 6) is 1.84. The average Bonchev–Trinajstić information content (AvgIpc) is 2.74. The minimum atomic E-state index is 0.812. The van der Waals surface area contributed by atoms with E-state index in [0.29, 0.717) is 0 Å². The summed E-state index contributed by atoms with van der Waals surface area (Å²) in [6.45, 7) is 8.73. The third kappa shape index (κ3) is 2.76. The maximum absolute atomic E-state index is 4.41. The number of imidazole rings is 1. The molecule has 1 aromatic rings. The minimum absolute atomic E-state index is 0.812. The molecule has 4 heteroatoms. The van der Waals surface area contributed by atoms with Gasteiger partial charge < -0.3 is 15.2 Å². The number of aromatic amines is 1. The van der Waals surface area contributed by atoms with Crippen LogP contribution in [0.2, 0.25) is 0 Å². The first-order valence-corrected chi connectivity index (χ1v) is 6.27. The molecule has 2 heterocycles. The van der Waals surface area contributed by atoms with Gasteiger partial charge in [-0.05, 0) is 45.7 Å². The number of hydrogen-bond donors (Lipinski definition) is 2. The first kappa shape index (κ1) is 11.5. The van der Waals surface area contributed by atoms with Crippen LogP contribution in [0.25, 0.3) is 0 Å². The second-order valence-electron chi connectivity index (χ2n) is 4.62. The van der Waals surface area contributed by atoms with Crippen LogP contribution in [0.1, 0.15) is 25.5 Å². The Morgan fingerprint density at radius 2 is 2.19 bits per heavy atom. The fraction of sp³-hybridized carbons (Fsp3) is 0.750. The molecule has 0 aromatic carbocycles. The number of H-pyrrole nitrogens is 1. The van der Waals surface area contributed by atoms with Gasteiger partial charge in [0.25, 0.3) is 0 Å². The van der Waals surface area contributed by atoms with Gasteiger partial charge in [0.05, 0.1) is 0 Å². The predicted octanol–water partition coefficient (Wildman–Crippen LogP) is 1.54. The second kappa shape index (κ2) is 5.34. The van der Waals surface area contributed by atoms with Crippen LogP contribution in [0.3, 0.4) is 0 Å². The van der Waals surface area contributed by atoms with Crippen molar-refractivity contribution >= 4 is 5.95 Å². The van der Waals surface area contributed by atoms with Gasteiger partial charge in [-0.3, -0.25) is 0 Å². The van der Waals surface area contributed by atoms with Gasteiger partial charge in [0.2, 0.25) is 5.95 Å². The first-order chi connectivity index (χ1) is 7.79. The van der Waals surface area contributed by atoms with E-state index in [1.54, 1.807) is 0 Å². The zero-order valence-electron chi connectivity index (χ0n) is 10.3. The van der Waals surface area contributed by atoms with Crippen molar-refractivity contribution in [2.45, 2.75) is 26.7 Å². The van der Waals surface area contributed by atoms with Crippen molar-refractivity contribution in [3.8, 4) is 0 Å². The van der Waals surface area contributed by atoms with Crippen LogP contribution in [0.15, 0.2) is 6.20 Å². The quantitative estimate of drug-likeness (QED) is 0.812. The lowest BCUT2D eigenvalue weighted by Gasteiger charge is -2.29. The number of rotatable bonds is 4. The molecule has 0 bridgehead atoms.